The SMILES string of the molecule is CCc1sc2nc(SCC(=O)Nc3ccc(Cl)cc3)n(-c3ccc(C)cc3)c(=O)c2c1C. The normalized spacial score (nSPS) is 11.1. The monoisotopic (exact) mass is 483 g/mol. The van der Waals surface area contributed by atoms with Crippen molar-refractivity contribution in [2.24, 2.45) is 0 Å². The van der Waals surface area contributed by atoms with E-state index in [1.165, 1.54) is 11.8 Å². The van der Waals surface area contributed by atoms with Crippen LogP contribution in [0.4, 0.5) is 5.69 Å². The first-order valence-electron chi connectivity index (χ1n) is 10.2. The van der Waals surface area contributed by atoms with E-state index in [0.717, 1.165) is 28.1 Å². The van der Waals surface area contributed by atoms with Gasteiger partial charge in [0.15, 0.2) is 5.16 Å². The minimum absolute atomic E-state index is 0.104. The highest BCUT2D eigenvalue weighted by Gasteiger charge is 2.19. The first kappa shape index (κ1) is 22.6. The van der Waals surface area contributed by atoms with Crippen LogP contribution in [0, 0.1) is 13.8 Å². The van der Waals surface area contributed by atoms with Gasteiger partial charge in [0.1, 0.15) is 4.83 Å². The van der Waals surface area contributed by atoms with Gasteiger partial charge in [0.05, 0.1) is 16.8 Å². The number of hydrogen-bond donors (Lipinski definition) is 1. The van der Waals surface area contributed by atoms with Crippen LogP contribution >= 0.6 is 34.7 Å². The van der Waals surface area contributed by atoms with Crippen molar-refractivity contribution in [3.63, 3.8) is 0 Å². The molecular weight excluding hydrogens is 462 g/mol. The molecule has 0 unspecified atom stereocenters. The van der Waals surface area contributed by atoms with Gasteiger partial charge in [0.25, 0.3) is 5.56 Å². The van der Waals surface area contributed by atoms with Gasteiger partial charge in [-0.05, 0) is 62.2 Å². The number of carbonyl (C=O) groups excluding carboxylic acids is 1. The number of rotatable bonds is 6. The highest BCUT2D eigenvalue weighted by Crippen LogP contribution is 2.30. The van der Waals surface area contributed by atoms with Gasteiger partial charge in [-0.3, -0.25) is 14.2 Å². The molecule has 0 atom stereocenters. The second-order valence-corrected chi connectivity index (χ2v) is 9.86. The molecule has 2 aromatic carbocycles. The zero-order chi connectivity index (χ0) is 22.8. The van der Waals surface area contributed by atoms with E-state index in [1.54, 1.807) is 40.2 Å². The first-order chi connectivity index (χ1) is 15.4. The van der Waals surface area contributed by atoms with Crippen LogP contribution in [0.3, 0.4) is 0 Å². The van der Waals surface area contributed by atoms with Gasteiger partial charge < -0.3 is 5.32 Å². The lowest BCUT2D eigenvalue weighted by Gasteiger charge is -2.13. The van der Waals surface area contributed by atoms with Crippen molar-refractivity contribution in [2.75, 3.05) is 11.1 Å². The Balaban J connectivity index is 1.71. The molecule has 164 valence electrons. The van der Waals surface area contributed by atoms with E-state index < -0.39 is 0 Å². The Kier molecular flexibility index (Phi) is 6.69. The van der Waals surface area contributed by atoms with E-state index in [1.807, 2.05) is 38.1 Å². The molecule has 0 aliphatic rings. The summed E-state index contributed by atoms with van der Waals surface area (Å²) in [6.07, 6.45) is 0.850. The van der Waals surface area contributed by atoms with Crippen LogP contribution in [0.5, 0.6) is 0 Å². The summed E-state index contributed by atoms with van der Waals surface area (Å²) in [4.78, 5) is 32.8. The molecule has 0 aliphatic heterocycles. The van der Waals surface area contributed by atoms with E-state index in [-0.39, 0.29) is 17.2 Å². The smallest absolute Gasteiger partial charge is 0.267 e. The Morgan fingerprint density at radius 1 is 1.12 bits per heavy atom. The van der Waals surface area contributed by atoms with Gasteiger partial charge in [0, 0.05) is 15.6 Å². The maximum atomic E-state index is 13.6. The summed E-state index contributed by atoms with van der Waals surface area (Å²) in [6.45, 7) is 6.06. The van der Waals surface area contributed by atoms with Crippen LogP contribution in [-0.2, 0) is 11.2 Å². The van der Waals surface area contributed by atoms with Gasteiger partial charge in [-0.15, -0.1) is 11.3 Å². The average molecular weight is 484 g/mol. The lowest BCUT2D eigenvalue weighted by molar-refractivity contribution is -0.113. The van der Waals surface area contributed by atoms with E-state index in [0.29, 0.717) is 26.1 Å². The Hall–Kier alpha value is -2.61. The molecule has 0 bridgehead atoms. The molecular formula is C24H22ClN3O2S2. The molecule has 0 aliphatic carbocycles. The lowest BCUT2D eigenvalue weighted by Crippen LogP contribution is -2.22. The molecule has 5 nitrogen and oxygen atoms in total. The summed E-state index contributed by atoms with van der Waals surface area (Å²) >= 11 is 8.70. The second-order valence-electron chi connectivity index (χ2n) is 7.40. The summed E-state index contributed by atoms with van der Waals surface area (Å²) in [7, 11) is 0. The Morgan fingerprint density at radius 2 is 1.81 bits per heavy atom. The molecule has 8 heteroatoms. The lowest BCUT2D eigenvalue weighted by atomic mass is 10.2. The number of thiophene rings is 1. The summed E-state index contributed by atoms with van der Waals surface area (Å²) in [5.41, 5.74) is 3.39. The number of anilines is 1. The van der Waals surface area contributed by atoms with Gasteiger partial charge in [-0.2, -0.15) is 0 Å². The van der Waals surface area contributed by atoms with Crippen molar-refractivity contribution in [1.29, 1.82) is 0 Å². The number of halogens is 1. The molecule has 4 aromatic rings. The number of hydrogen-bond acceptors (Lipinski definition) is 5. The standard InChI is InChI=1S/C24H22ClN3O2S2/c1-4-19-15(3)21-22(32-19)27-24(28(23(21)30)18-11-5-14(2)6-12-18)31-13-20(29)26-17-9-7-16(25)8-10-17/h5-12H,4,13H2,1-3H3,(H,26,29). The molecule has 0 saturated heterocycles. The minimum Gasteiger partial charge on any atom is -0.325 e. The third-order valence-electron chi connectivity index (χ3n) is 5.11. The van der Waals surface area contributed by atoms with E-state index >= 15 is 0 Å². The largest absolute Gasteiger partial charge is 0.325 e. The third-order valence-corrected chi connectivity index (χ3v) is 7.63. The minimum atomic E-state index is -0.182. The number of amides is 1. The van der Waals surface area contributed by atoms with Crippen molar-refractivity contribution in [3.8, 4) is 5.69 Å². The highest BCUT2D eigenvalue weighted by atomic mass is 35.5. The molecule has 32 heavy (non-hydrogen) atoms. The quantitative estimate of drug-likeness (QED) is 0.269. The highest BCUT2D eigenvalue weighted by molar-refractivity contribution is 7.99. The summed E-state index contributed by atoms with van der Waals surface area (Å²) in [6, 6.07) is 14.7. The van der Waals surface area contributed by atoms with Gasteiger partial charge in [-0.1, -0.05) is 48.0 Å². The Morgan fingerprint density at radius 3 is 2.47 bits per heavy atom. The van der Waals surface area contributed by atoms with Crippen molar-refractivity contribution in [3.05, 3.63) is 79.9 Å². The van der Waals surface area contributed by atoms with Crippen molar-refractivity contribution < 1.29 is 4.79 Å². The fraction of sp³-hybridized carbons (Fsp3) is 0.208. The van der Waals surface area contributed by atoms with E-state index in [9.17, 15) is 9.59 Å². The Bertz CT molecular complexity index is 1340. The zero-order valence-electron chi connectivity index (χ0n) is 17.9. The summed E-state index contributed by atoms with van der Waals surface area (Å²) < 4.78 is 1.61. The third kappa shape index (κ3) is 4.60. The number of thioether (sulfide) groups is 1. The van der Waals surface area contributed by atoms with Crippen molar-refractivity contribution >= 4 is 56.5 Å². The number of nitrogens with one attached hydrogen (secondary N) is 1. The summed E-state index contributed by atoms with van der Waals surface area (Å²) in [5, 5.41) is 4.61. The van der Waals surface area contributed by atoms with E-state index in [2.05, 4.69) is 12.2 Å². The molecule has 0 radical (unpaired) electrons. The summed E-state index contributed by atoms with van der Waals surface area (Å²) in [5.74, 6) is -0.0593. The first-order valence-corrected chi connectivity index (χ1v) is 12.4. The number of aryl methyl sites for hydroxylation is 3. The molecule has 2 heterocycles. The van der Waals surface area contributed by atoms with Crippen LogP contribution in [-0.4, -0.2) is 21.2 Å². The van der Waals surface area contributed by atoms with Crippen LogP contribution < -0.4 is 10.9 Å². The van der Waals surface area contributed by atoms with Crippen molar-refractivity contribution in [1.82, 2.24) is 9.55 Å². The van der Waals surface area contributed by atoms with Crippen LogP contribution in [0.25, 0.3) is 15.9 Å². The number of nitrogens with zero attached hydrogens (tertiary/aromatic N) is 2. The molecule has 0 saturated carbocycles. The Labute approximate surface area is 199 Å². The number of fused-ring (bicyclic) bond motifs is 1. The fourth-order valence-electron chi connectivity index (χ4n) is 3.43. The molecule has 2 aromatic heterocycles. The molecule has 4 rings (SSSR count). The maximum absolute atomic E-state index is 13.6. The van der Waals surface area contributed by atoms with E-state index in [4.69, 9.17) is 16.6 Å². The van der Waals surface area contributed by atoms with Gasteiger partial charge in [0.2, 0.25) is 5.91 Å². The van der Waals surface area contributed by atoms with Gasteiger partial charge >= 0.3 is 0 Å². The predicted molar refractivity (Wildman–Crippen MR) is 135 cm³/mol. The fourth-order valence-corrected chi connectivity index (χ4v) is 5.52. The predicted octanol–water partition coefficient (Wildman–Crippen LogP) is 6.01. The van der Waals surface area contributed by atoms with Crippen LogP contribution in [0.15, 0.2) is 58.5 Å². The molecule has 1 amide bonds. The second kappa shape index (κ2) is 9.48. The number of carbonyl (C=O) groups is 1. The molecule has 1 N–H and O–H groups in total. The van der Waals surface area contributed by atoms with Crippen LogP contribution in [0.1, 0.15) is 22.9 Å². The topological polar surface area (TPSA) is 64.0 Å². The number of benzene rings is 2. The zero-order valence-corrected chi connectivity index (χ0v) is 20.3. The van der Waals surface area contributed by atoms with Crippen LogP contribution in [0.2, 0.25) is 5.02 Å². The molecule has 0 spiro atoms. The number of aromatic nitrogens is 2. The molecule has 0 fully saturated rings. The van der Waals surface area contributed by atoms with Crippen molar-refractivity contribution in [2.45, 2.75) is 32.3 Å². The maximum Gasteiger partial charge on any atom is 0.267 e. The average Bonchev–Trinajstić information content (AvgIpc) is 3.10. The van der Waals surface area contributed by atoms with Gasteiger partial charge in [-0.25, -0.2) is 4.98 Å².